The van der Waals surface area contributed by atoms with E-state index in [4.69, 9.17) is 4.98 Å². The highest BCUT2D eigenvalue weighted by molar-refractivity contribution is 7.99. The molecule has 2 heterocycles. The number of carbonyl (C=O) groups is 2. The van der Waals surface area contributed by atoms with E-state index in [0.29, 0.717) is 23.1 Å². The first-order chi connectivity index (χ1) is 13.3. The van der Waals surface area contributed by atoms with Crippen LogP contribution < -0.4 is 5.32 Å². The Morgan fingerprint density at radius 3 is 2.93 bits per heavy atom. The van der Waals surface area contributed by atoms with E-state index in [-0.39, 0.29) is 28.3 Å². The maximum absolute atomic E-state index is 12.6. The number of hydrogen-bond acceptors (Lipinski definition) is 6. The third kappa shape index (κ3) is 2.38. The normalized spacial score (nSPS) is 26.1. The second-order valence-corrected chi connectivity index (χ2v) is 9.72. The minimum Gasteiger partial charge on any atom is -0.326 e. The van der Waals surface area contributed by atoms with E-state index in [0.717, 1.165) is 35.5 Å². The average molecular weight is 395 g/mol. The number of Topliss-reactive ketones (excluding diaryl/α,β-unsaturated/α-hetero) is 1. The third-order valence-electron chi connectivity index (χ3n) is 7.16. The molecule has 1 amide bonds. The predicted octanol–water partition coefficient (Wildman–Crippen LogP) is 3.52. The Balaban J connectivity index is 1.33. The fourth-order valence-electron chi connectivity index (χ4n) is 5.04. The van der Waals surface area contributed by atoms with E-state index in [1.165, 1.54) is 11.8 Å². The minimum atomic E-state index is -0.0303. The molecule has 2 aliphatic carbocycles. The molecule has 0 unspecified atom stereocenters. The monoisotopic (exact) mass is 394 g/mol. The SMILES string of the molecule is CC1(C)[C@H]2CC[C@@]1(C)c1nc(SCC(=O)c3ccc4c(c3)CC(=O)N4)nnc12. The average Bonchev–Trinajstić information content (AvgIpc) is 3.20. The van der Waals surface area contributed by atoms with Crippen molar-refractivity contribution in [1.29, 1.82) is 0 Å². The molecule has 1 aliphatic heterocycles. The van der Waals surface area contributed by atoms with Crippen LogP contribution in [-0.2, 0) is 16.6 Å². The highest BCUT2D eigenvalue weighted by atomic mass is 32.2. The number of hydrogen-bond donors (Lipinski definition) is 1. The van der Waals surface area contributed by atoms with Crippen LogP contribution >= 0.6 is 11.8 Å². The molecule has 3 aliphatic rings. The van der Waals surface area contributed by atoms with Crippen LogP contribution in [0.3, 0.4) is 0 Å². The van der Waals surface area contributed by atoms with Gasteiger partial charge in [-0.2, -0.15) is 5.10 Å². The number of benzene rings is 1. The Labute approximate surface area is 167 Å². The molecule has 2 aromatic rings. The van der Waals surface area contributed by atoms with Gasteiger partial charge in [-0.05, 0) is 42.0 Å². The van der Waals surface area contributed by atoms with Gasteiger partial charge in [-0.3, -0.25) is 9.59 Å². The van der Waals surface area contributed by atoms with Crippen LogP contribution in [0.4, 0.5) is 5.69 Å². The Morgan fingerprint density at radius 1 is 1.29 bits per heavy atom. The van der Waals surface area contributed by atoms with Gasteiger partial charge in [-0.1, -0.05) is 32.5 Å². The number of thioether (sulfide) groups is 1. The van der Waals surface area contributed by atoms with Crippen LogP contribution in [0.2, 0.25) is 0 Å². The second kappa shape index (κ2) is 5.86. The number of carbonyl (C=O) groups excluding carboxylic acids is 2. The zero-order valence-electron chi connectivity index (χ0n) is 16.2. The number of aromatic nitrogens is 3. The summed E-state index contributed by atoms with van der Waals surface area (Å²) in [6, 6.07) is 5.36. The van der Waals surface area contributed by atoms with Crippen molar-refractivity contribution in [3.05, 3.63) is 40.7 Å². The number of fused-ring (bicyclic) bond motifs is 6. The molecule has 7 heteroatoms. The lowest BCUT2D eigenvalue weighted by Gasteiger charge is -2.33. The summed E-state index contributed by atoms with van der Waals surface area (Å²) in [5.74, 6) is 0.655. The largest absolute Gasteiger partial charge is 0.326 e. The topological polar surface area (TPSA) is 84.8 Å². The summed E-state index contributed by atoms with van der Waals surface area (Å²) in [5.41, 5.74) is 4.58. The summed E-state index contributed by atoms with van der Waals surface area (Å²) in [6.45, 7) is 6.89. The standard InChI is InChI=1S/C21H22N4O2S/c1-20(2)13-6-7-21(20,3)18-17(13)24-25-19(23-18)28-10-15(26)11-4-5-14-12(8-11)9-16(27)22-14/h4-5,8,13H,6-7,9-10H2,1-3H3,(H,22,27)/t13-,21-/m0/s1. The first-order valence-electron chi connectivity index (χ1n) is 9.63. The van der Waals surface area contributed by atoms with Crippen LogP contribution in [0.1, 0.15) is 66.8 Å². The zero-order valence-corrected chi connectivity index (χ0v) is 17.0. The summed E-state index contributed by atoms with van der Waals surface area (Å²) < 4.78 is 0. The Morgan fingerprint density at radius 2 is 2.11 bits per heavy atom. The lowest BCUT2D eigenvalue weighted by atomic mass is 9.70. The van der Waals surface area contributed by atoms with Gasteiger partial charge in [0.15, 0.2) is 5.78 Å². The van der Waals surface area contributed by atoms with E-state index in [1.807, 2.05) is 0 Å². The van der Waals surface area contributed by atoms with E-state index < -0.39 is 0 Å². The number of rotatable bonds is 4. The zero-order chi connectivity index (χ0) is 19.7. The van der Waals surface area contributed by atoms with Crippen molar-refractivity contribution in [3.63, 3.8) is 0 Å². The van der Waals surface area contributed by atoms with Crippen LogP contribution in [0.15, 0.2) is 23.4 Å². The van der Waals surface area contributed by atoms with E-state index in [2.05, 4.69) is 36.3 Å². The maximum atomic E-state index is 12.6. The molecule has 5 rings (SSSR count). The molecule has 28 heavy (non-hydrogen) atoms. The predicted molar refractivity (Wildman–Crippen MR) is 107 cm³/mol. The number of nitrogens with zero attached hydrogens (tertiary/aromatic N) is 3. The molecule has 0 saturated heterocycles. The molecule has 2 atom stereocenters. The second-order valence-electron chi connectivity index (χ2n) is 8.78. The van der Waals surface area contributed by atoms with Gasteiger partial charge in [0.1, 0.15) is 0 Å². The van der Waals surface area contributed by atoms with E-state index >= 15 is 0 Å². The van der Waals surface area contributed by atoms with Gasteiger partial charge in [-0.25, -0.2) is 4.98 Å². The lowest BCUT2D eigenvalue weighted by Crippen LogP contribution is -2.32. The summed E-state index contributed by atoms with van der Waals surface area (Å²) >= 11 is 1.33. The highest BCUT2D eigenvalue weighted by Crippen LogP contribution is 2.66. The van der Waals surface area contributed by atoms with Crippen LogP contribution in [-0.4, -0.2) is 32.6 Å². The molecule has 1 aromatic heterocycles. The molecule has 2 bridgehead atoms. The Hall–Kier alpha value is -2.28. The third-order valence-corrected chi connectivity index (χ3v) is 7.99. The quantitative estimate of drug-likeness (QED) is 0.631. The first kappa shape index (κ1) is 17.8. The van der Waals surface area contributed by atoms with Crippen molar-refractivity contribution in [2.45, 2.75) is 56.5 Å². The van der Waals surface area contributed by atoms with Crippen molar-refractivity contribution in [2.24, 2.45) is 5.41 Å². The fraction of sp³-hybridized carbons (Fsp3) is 0.476. The van der Waals surface area contributed by atoms with Gasteiger partial charge in [0.2, 0.25) is 11.1 Å². The van der Waals surface area contributed by atoms with Crippen LogP contribution in [0.5, 0.6) is 0 Å². The van der Waals surface area contributed by atoms with Crippen LogP contribution in [0.25, 0.3) is 0 Å². The van der Waals surface area contributed by atoms with Gasteiger partial charge in [0.25, 0.3) is 0 Å². The van der Waals surface area contributed by atoms with E-state index in [1.54, 1.807) is 18.2 Å². The molecule has 1 N–H and O–H groups in total. The number of amides is 1. The van der Waals surface area contributed by atoms with Crippen molar-refractivity contribution < 1.29 is 9.59 Å². The van der Waals surface area contributed by atoms with Crippen LogP contribution in [0, 0.1) is 5.41 Å². The fourth-order valence-corrected chi connectivity index (χ4v) is 5.72. The molecule has 1 fully saturated rings. The lowest BCUT2D eigenvalue weighted by molar-refractivity contribution is -0.115. The summed E-state index contributed by atoms with van der Waals surface area (Å²) in [4.78, 5) is 28.9. The summed E-state index contributed by atoms with van der Waals surface area (Å²) in [5, 5.41) is 12.1. The molecule has 1 saturated carbocycles. The first-order valence-corrected chi connectivity index (χ1v) is 10.6. The van der Waals surface area contributed by atoms with Gasteiger partial charge in [-0.15, -0.1) is 5.10 Å². The molecule has 144 valence electrons. The van der Waals surface area contributed by atoms with Gasteiger partial charge >= 0.3 is 0 Å². The number of ketones is 1. The molecule has 0 spiro atoms. The molecular weight excluding hydrogens is 372 g/mol. The minimum absolute atomic E-state index is 0.00399. The van der Waals surface area contributed by atoms with Crippen molar-refractivity contribution in [1.82, 2.24) is 15.2 Å². The Bertz CT molecular complexity index is 1040. The number of anilines is 1. The van der Waals surface area contributed by atoms with Gasteiger partial charge < -0.3 is 5.32 Å². The molecular formula is C21H22N4O2S. The van der Waals surface area contributed by atoms with Crippen molar-refractivity contribution in [3.8, 4) is 0 Å². The van der Waals surface area contributed by atoms with Crippen molar-refractivity contribution >= 4 is 29.1 Å². The molecule has 0 radical (unpaired) electrons. The number of nitrogens with one attached hydrogen (secondary N) is 1. The van der Waals surface area contributed by atoms with Crippen molar-refractivity contribution in [2.75, 3.05) is 11.1 Å². The van der Waals surface area contributed by atoms with E-state index in [9.17, 15) is 9.59 Å². The van der Waals surface area contributed by atoms with Gasteiger partial charge in [0, 0.05) is 22.6 Å². The molecule has 6 nitrogen and oxygen atoms in total. The summed E-state index contributed by atoms with van der Waals surface area (Å²) in [6.07, 6.45) is 2.60. The Kier molecular flexibility index (Phi) is 3.72. The smallest absolute Gasteiger partial charge is 0.228 e. The highest BCUT2D eigenvalue weighted by Gasteiger charge is 2.61. The summed E-state index contributed by atoms with van der Waals surface area (Å²) in [7, 11) is 0. The maximum Gasteiger partial charge on any atom is 0.228 e. The molecule has 1 aromatic carbocycles. The van der Waals surface area contributed by atoms with Gasteiger partial charge in [0.05, 0.1) is 23.6 Å².